The van der Waals surface area contributed by atoms with Gasteiger partial charge in [-0.1, -0.05) is 67.6 Å². The van der Waals surface area contributed by atoms with Crippen LogP contribution in [0.5, 0.6) is 0 Å². The Bertz CT molecular complexity index is 862. The fourth-order valence-electron chi connectivity index (χ4n) is 4.27. The largest absolute Gasteiger partial charge is 0.352 e. The Labute approximate surface area is 173 Å². The first-order valence-corrected chi connectivity index (χ1v) is 10.4. The highest BCUT2D eigenvalue weighted by Gasteiger charge is 2.43. The third-order valence-corrected chi connectivity index (χ3v) is 5.75. The Morgan fingerprint density at radius 1 is 1.14 bits per heavy atom. The second kappa shape index (κ2) is 9.55. The molecule has 0 radical (unpaired) electrons. The monoisotopic (exact) mass is 390 g/mol. The van der Waals surface area contributed by atoms with E-state index in [-0.39, 0.29) is 11.8 Å². The Kier molecular flexibility index (Phi) is 6.86. The number of benzene rings is 2. The van der Waals surface area contributed by atoms with Gasteiger partial charge in [0.15, 0.2) is 0 Å². The Morgan fingerprint density at radius 3 is 2.59 bits per heavy atom. The van der Waals surface area contributed by atoms with Crippen LogP contribution in [0, 0.1) is 5.41 Å². The fraction of sp³-hybridized carbons (Fsp3) is 0.360. The van der Waals surface area contributed by atoms with E-state index >= 15 is 0 Å². The van der Waals surface area contributed by atoms with Crippen molar-refractivity contribution < 1.29 is 9.59 Å². The third kappa shape index (κ3) is 4.76. The van der Waals surface area contributed by atoms with Crippen LogP contribution in [-0.4, -0.2) is 36.3 Å². The summed E-state index contributed by atoms with van der Waals surface area (Å²) in [6, 6.07) is 18.5. The average Bonchev–Trinajstić information content (AvgIpc) is 2.78. The maximum atomic E-state index is 13.3. The Balaban J connectivity index is 1.97. The molecule has 2 aromatic rings. The van der Waals surface area contributed by atoms with Gasteiger partial charge in [0.2, 0.25) is 11.8 Å². The highest BCUT2D eigenvalue weighted by molar-refractivity contribution is 5.85. The first-order valence-electron chi connectivity index (χ1n) is 10.4. The zero-order valence-corrected chi connectivity index (χ0v) is 17.2. The van der Waals surface area contributed by atoms with Gasteiger partial charge in [0.05, 0.1) is 5.41 Å². The predicted molar refractivity (Wildman–Crippen MR) is 117 cm³/mol. The molecule has 1 atom stereocenters. The maximum Gasteiger partial charge on any atom is 0.228 e. The minimum Gasteiger partial charge on any atom is -0.352 e. The summed E-state index contributed by atoms with van der Waals surface area (Å²) < 4.78 is 0. The zero-order valence-electron chi connectivity index (χ0n) is 17.2. The summed E-state index contributed by atoms with van der Waals surface area (Å²) in [4.78, 5) is 27.6. The molecule has 1 aliphatic heterocycles. The number of carbonyl (C=O) groups excluding carboxylic acids is 2. The van der Waals surface area contributed by atoms with Crippen LogP contribution in [0.2, 0.25) is 0 Å². The van der Waals surface area contributed by atoms with Crippen molar-refractivity contribution >= 4 is 11.8 Å². The molecule has 2 aromatic carbocycles. The number of hydrogen-bond acceptors (Lipinski definition) is 2. The lowest BCUT2D eigenvalue weighted by atomic mass is 9.73. The van der Waals surface area contributed by atoms with Crippen molar-refractivity contribution in [2.75, 3.05) is 19.6 Å². The van der Waals surface area contributed by atoms with Gasteiger partial charge in [-0.05, 0) is 36.0 Å². The highest BCUT2D eigenvalue weighted by Crippen LogP contribution is 2.37. The van der Waals surface area contributed by atoms with Crippen molar-refractivity contribution in [3.63, 3.8) is 0 Å². The number of likely N-dealkylation sites (tertiary alicyclic amines) is 1. The minimum atomic E-state index is -0.628. The van der Waals surface area contributed by atoms with Crippen molar-refractivity contribution in [2.24, 2.45) is 5.41 Å². The van der Waals surface area contributed by atoms with E-state index < -0.39 is 5.41 Å². The van der Waals surface area contributed by atoms with Gasteiger partial charge in [0, 0.05) is 26.1 Å². The van der Waals surface area contributed by atoms with Crippen LogP contribution in [0.25, 0.3) is 11.1 Å². The molecule has 3 rings (SSSR count). The molecular weight excluding hydrogens is 360 g/mol. The molecule has 0 aliphatic carbocycles. The van der Waals surface area contributed by atoms with Gasteiger partial charge in [-0.3, -0.25) is 9.59 Å². The van der Waals surface area contributed by atoms with Gasteiger partial charge in [-0.15, -0.1) is 6.58 Å². The second-order valence-corrected chi connectivity index (χ2v) is 7.75. The van der Waals surface area contributed by atoms with E-state index in [1.165, 1.54) is 0 Å². The summed E-state index contributed by atoms with van der Waals surface area (Å²) in [6.45, 7) is 7.21. The fourth-order valence-corrected chi connectivity index (χ4v) is 4.27. The Morgan fingerprint density at radius 2 is 1.86 bits per heavy atom. The van der Waals surface area contributed by atoms with Crippen LogP contribution >= 0.6 is 0 Å². The van der Waals surface area contributed by atoms with E-state index in [1.807, 2.05) is 42.2 Å². The molecule has 4 heteroatoms. The van der Waals surface area contributed by atoms with Gasteiger partial charge in [0.1, 0.15) is 0 Å². The van der Waals surface area contributed by atoms with E-state index in [1.54, 1.807) is 6.08 Å². The maximum absolute atomic E-state index is 13.3. The number of carbonyl (C=O) groups is 2. The van der Waals surface area contributed by atoms with Crippen molar-refractivity contribution in [1.29, 1.82) is 0 Å². The molecule has 1 fully saturated rings. The summed E-state index contributed by atoms with van der Waals surface area (Å²) in [5, 5.41) is 3.00. The lowest BCUT2D eigenvalue weighted by Gasteiger charge is -2.42. The standard InChI is InChI=1S/C25H30N2O2/c1-3-16-26-24(29)25(15-10-17-27(19-25)23(28)4-2)18-21-13-8-9-14-22(21)20-11-6-5-7-12-20/h3,5-9,11-14H,1,4,10,15-19H2,2H3,(H,26,29). The van der Waals surface area contributed by atoms with Crippen LogP contribution in [0.4, 0.5) is 0 Å². The summed E-state index contributed by atoms with van der Waals surface area (Å²) in [5.41, 5.74) is 2.79. The van der Waals surface area contributed by atoms with Gasteiger partial charge < -0.3 is 10.2 Å². The number of nitrogens with zero attached hydrogens (tertiary/aromatic N) is 1. The van der Waals surface area contributed by atoms with Crippen molar-refractivity contribution in [2.45, 2.75) is 32.6 Å². The SMILES string of the molecule is C=CCNC(=O)C1(Cc2ccccc2-c2ccccc2)CCCN(C(=O)CC)C1. The molecule has 0 spiro atoms. The third-order valence-electron chi connectivity index (χ3n) is 5.75. The van der Waals surface area contributed by atoms with E-state index in [4.69, 9.17) is 0 Å². The molecule has 2 amide bonds. The van der Waals surface area contributed by atoms with E-state index in [0.29, 0.717) is 25.9 Å². The van der Waals surface area contributed by atoms with E-state index in [0.717, 1.165) is 36.1 Å². The molecule has 1 aliphatic rings. The van der Waals surface area contributed by atoms with Gasteiger partial charge in [0.25, 0.3) is 0 Å². The summed E-state index contributed by atoms with van der Waals surface area (Å²) in [5.74, 6) is 0.121. The summed E-state index contributed by atoms with van der Waals surface area (Å²) in [7, 11) is 0. The predicted octanol–water partition coefficient (Wildman–Crippen LogP) is 4.22. The first-order chi connectivity index (χ1) is 14.1. The zero-order chi connectivity index (χ0) is 20.7. The normalized spacial score (nSPS) is 18.9. The lowest BCUT2D eigenvalue weighted by Crippen LogP contribution is -2.54. The molecule has 0 aromatic heterocycles. The van der Waals surface area contributed by atoms with Crippen LogP contribution in [-0.2, 0) is 16.0 Å². The molecule has 1 heterocycles. The number of rotatable bonds is 7. The van der Waals surface area contributed by atoms with Crippen LogP contribution in [0.15, 0.2) is 67.3 Å². The van der Waals surface area contributed by atoms with Crippen molar-refractivity contribution in [3.05, 3.63) is 72.8 Å². The molecule has 4 nitrogen and oxygen atoms in total. The first kappa shape index (κ1) is 20.8. The molecule has 0 saturated carbocycles. The van der Waals surface area contributed by atoms with Gasteiger partial charge in [-0.25, -0.2) is 0 Å². The molecule has 1 saturated heterocycles. The quantitative estimate of drug-likeness (QED) is 0.720. The Hall–Kier alpha value is -2.88. The smallest absolute Gasteiger partial charge is 0.228 e. The minimum absolute atomic E-state index is 0.00821. The van der Waals surface area contributed by atoms with Crippen molar-refractivity contribution in [3.8, 4) is 11.1 Å². The molecule has 1 N–H and O–H groups in total. The van der Waals surface area contributed by atoms with Gasteiger partial charge >= 0.3 is 0 Å². The highest BCUT2D eigenvalue weighted by atomic mass is 16.2. The number of nitrogens with one attached hydrogen (secondary N) is 1. The van der Waals surface area contributed by atoms with Gasteiger partial charge in [-0.2, -0.15) is 0 Å². The summed E-state index contributed by atoms with van der Waals surface area (Å²) in [6.07, 6.45) is 4.37. The van der Waals surface area contributed by atoms with Crippen LogP contribution in [0.1, 0.15) is 31.7 Å². The van der Waals surface area contributed by atoms with Crippen molar-refractivity contribution in [1.82, 2.24) is 10.2 Å². The molecule has 1 unspecified atom stereocenters. The summed E-state index contributed by atoms with van der Waals surface area (Å²) >= 11 is 0. The second-order valence-electron chi connectivity index (χ2n) is 7.75. The average molecular weight is 391 g/mol. The molecular formula is C25H30N2O2. The topological polar surface area (TPSA) is 49.4 Å². The number of hydrogen-bond donors (Lipinski definition) is 1. The van der Waals surface area contributed by atoms with Crippen LogP contribution in [0.3, 0.4) is 0 Å². The number of amides is 2. The molecule has 152 valence electrons. The van der Waals surface area contributed by atoms with E-state index in [2.05, 4.69) is 36.2 Å². The number of piperidine rings is 1. The molecule has 29 heavy (non-hydrogen) atoms. The van der Waals surface area contributed by atoms with Crippen LogP contribution < -0.4 is 5.32 Å². The molecule has 0 bridgehead atoms. The lowest BCUT2D eigenvalue weighted by molar-refractivity contribution is -0.141. The van der Waals surface area contributed by atoms with E-state index in [9.17, 15) is 9.59 Å².